The molecule has 1 aromatic rings. The highest BCUT2D eigenvalue weighted by Crippen LogP contribution is 2.31. The van der Waals surface area contributed by atoms with Crippen LogP contribution in [0.25, 0.3) is 0 Å². The molecule has 1 N–H and O–H groups in total. The van der Waals surface area contributed by atoms with Crippen molar-refractivity contribution in [1.29, 1.82) is 0 Å². The van der Waals surface area contributed by atoms with Crippen molar-refractivity contribution in [2.24, 2.45) is 5.92 Å². The van der Waals surface area contributed by atoms with Crippen LogP contribution in [0.4, 0.5) is 0 Å². The molecule has 118 valence electrons. The summed E-state index contributed by atoms with van der Waals surface area (Å²) in [7, 11) is 1.41. The number of methoxy groups -OCH3 is 1. The van der Waals surface area contributed by atoms with Gasteiger partial charge in [-0.05, 0) is 67.7 Å². The Bertz CT molecular complexity index is 576. The predicted molar refractivity (Wildman–Crippen MR) is 83.7 cm³/mol. The molecular formula is C18H23NO3. The zero-order valence-electron chi connectivity index (χ0n) is 13.1. The molecule has 1 saturated carbocycles. The minimum Gasteiger partial charge on any atom is -0.469 e. The van der Waals surface area contributed by atoms with Crippen LogP contribution in [0.15, 0.2) is 18.2 Å². The molecule has 1 fully saturated rings. The average Bonchev–Trinajstić information content (AvgIpc) is 2.51. The highest BCUT2D eigenvalue weighted by molar-refractivity contribution is 5.94. The predicted octanol–water partition coefficient (Wildman–Crippen LogP) is 2.64. The van der Waals surface area contributed by atoms with Crippen molar-refractivity contribution in [3.8, 4) is 0 Å². The molecule has 22 heavy (non-hydrogen) atoms. The van der Waals surface area contributed by atoms with Gasteiger partial charge in [-0.15, -0.1) is 0 Å². The number of rotatable bonds is 4. The molecule has 4 nitrogen and oxygen atoms in total. The second kappa shape index (κ2) is 6.51. The minimum absolute atomic E-state index is 0.00916. The van der Waals surface area contributed by atoms with Gasteiger partial charge >= 0.3 is 5.97 Å². The Labute approximate surface area is 131 Å². The second-order valence-electron chi connectivity index (χ2n) is 6.48. The standard InChI is InChI=1S/C18H23NO3/c1-22-17(20)10-12-8-16(9-12)19-18(21)15-7-6-13-4-2-3-5-14(13)11-15/h6-7,11-12,16H,2-5,8-10H2,1H3,(H,19,21). The van der Waals surface area contributed by atoms with Crippen LogP contribution in [0.2, 0.25) is 0 Å². The average molecular weight is 301 g/mol. The van der Waals surface area contributed by atoms with E-state index in [0.717, 1.165) is 31.2 Å². The quantitative estimate of drug-likeness (QED) is 0.870. The molecule has 2 aliphatic rings. The Morgan fingerprint density at radius 1 is 1.18 bits per heavy atom. The molecule has 0 atom stereocenters. The molecule has 0 radical (unpaired) electrons. The number of aryl methyl sites for hydroxylation is 2. The van der Waals surface area contributed by atoms with Gasteiger partial charge in [0.05, 0.1) is 7.11 Å². The molecule has 4 heteroatoms. The molecule has 0 aliphatic heterocycles. The van der Waals surface area contributed by atoms with E-state index in [-0.39, 0.29) is 17.9 Å². The SMILES string of the molecule is COC(=O)CC1CC(NC(=O)c2ccc3c(c2)CCCC3)C1. The first-order valence-corrected chi connectivity index (χ1v) is 8.15. The van der Waals surface area contributed by atoms with E-state index in [1.54, 1.807) is 0 Å². The fourth-order valence-electron chi connectivity index (χ4n) is 3.48. The maximum atomic E-state index is 12.3. The van der Waals surface area contributed by atoms with Gasteiger partial charge in [-0.2, -0.15) is 0 Å². The Balaban J connectivity index is 1.52. The summed E-state index contributed by atoms with van der Waals surface area (Å²) in [5.74, 6) is 0.195. The topological polar surface area (TPSA) is 55.4 Å². The summed E-state index contributed by atoms with van der Waals surface area (Å²) < 4.78 is 4.67. The summed E-state index contributed by atoms with van der Waals surface area (Å²) in [5, 5.41) is 3.07. The molecule has 0 unspecified atom stereocenters. The molecule has 0 aromatic heterocycles. The first-order valence-electron chi connectivity index (χ1n) is 8.15. The summed E-state index contributed by atoms with van der Waals surface area (Å²) in [6.45, 7) is 0. The lowest BCUT2D eigenvalue weighted by atomic mass is 9.78. The summed E-state index contributed by atoms with van der Waals surface area (Å²) in [5.41, 5.74) is 3.48. The number of fused-ring (bicyclic) bond motifs is 1. The van der Waals surface area contributed by atoms with Gasteiger partial charge in [0.15, 0.2) is 0 Å². The Morgan fingerprint density at radius 3 is 2.64 bits per heavy atom. The van der Waals surface area contributed by atoms with Gasteiger partial charge in [0.2, 0.25) is 0 Å². The largest absolute Gasteiger partial charge is 0.469 e. The fraction of sp³-hybridized carbons (Fsp3) is 0.556. The van der Waals surface area contributed by atoms with Gasteiger partial charge in [0.1, 0.15) is 0 Å². The van der Waals surface area contributed by atoms with Crippen LogP contribution in [0.5, 0.6) is 0 Å². The molecule has 0 bridgehead atoms. The summed E-state index contributed by atoms with van der Waals surface area (Å²) in [6.07, 6.45) is 6.88. The zero-order chi connectivity index (χ0) is 15.5. The molecule has 0 heterocycles. The third-order valence-electron chi connectivity index (χ3n) is 4.86. The van der Waals surface area contributed by atoms with Crippen LogP contribution in [-0.2, 0) is 22.4 Å². The van der Waals surface area contributed by atoms with E-state index in [4.69, 9.17) is 0 Å². The maximum absolute atomic E-state index is 12.3. The van der Waals surface area contributed by atoms with Crippen LogP contribution in [0, 0.1) is 5.92 Å². The van der Waals surface area contributed by atoms with E-state index in [9.17, 15) is 9.59 Å². The Kier molecular flexibility index (Phi) is 4.46. The number of ether oxygens (including phenoxy) is 1. The summed E-state index contributed by atoms with van der Waals surface area (Å²) in [6, 6.07) is 6.28. The number of hydrogen-bond donors (Lipinski definition) is 1. The minimum atomic E-state index is -0.163. The van der Waals surface area contributed by atoms with Crippen molar-refractivity contribution in [2.75, 3.05) is 7.11 Å². The number of hydrogen-bond acceptors (Lipinski definition) is 3. The molecule has 0 spiro atoms. The van der Waals surface area contributed by atoms with Gasteiger partial charge in [0.25, 0.3) is 5.91 Å². The molecular weight excluding hydrogens is 278 g/mol. The number of carbonyl (C=O) groups excluding carboxylic acids is 2. The van der Waals surface area contributed by atoms with Crippen molar-refractivity contribution < 1.29 is 14.3 Å². The number of carbonyl (C=O) groups is 2. The molecule has 1 amide bonds. The van der Waals surface area contributed by atoms with E-state index in [0.29, 0.717) is 12.3 Å². The molecule has 0 saturated heterocycles. The van der Waals surface area contributed by atoms with Crippen LogP contribution in [-0.4, -0.2) is 25.0 Å². The third kappa shape index (κ3) is 3.32. The molecule has 1 aromatic carbocycles. The molecule has 2 aliphatic carbocycles. The van der Waals surface area contributed by atoms with Gasteiger partial charge in [0, 0.05) is 18.0 Å². The Morgan fingerprint density at radius 2 is 1.91 bits per heavy atom. The van der Waals surface area contributed by atoms with Crippen molar-refractivity contribution in [3.63, 3.8) is 0 Å². The van der Waals surface area contributed by atoms with Crippen molar-refractivity contribution in [1.82, 2.24) is 5.32 Å². The van der Waals surface area contributed by atoms with Crippen molar-refractivity contribution in [3.05, 3.63) is 34.9 Å². The second-order valence-corrected chi connectivity index (χ2v) is 6.48. The van der Waals surface area contributed by atoms with Crippen molar-refractivity contribution >= 4 is 11.9 Å². The van der Waals surface area contributed by atoms with Crippen LogP contribution in [0.3, 0.4) is 0 Å². The normalized spacial score (nSPS) is 23.1. The smallest absolute Gasteiger partial charge is 0.305 e. The van der Waals surface area contributed by atoms with Gasteiger partial charge in [-0.1, -0.05) is 6.07 Å². The highest BCUT2D eigenvalue weighted by atomic mass is 16.5. The first kappa shape index (κ1) is 15.1. The van der Waals surface area contributed by atoms with E-state index < -0.39 is 0 Å². The number of benzene rings is 1. The third-order valence-corrected chi connectivity index (χ3v) is 4.86. The van der Waals surface area contributed by atoms with E-state index in [1.165, 1.54) is 31.1 Å². The lowest BCUT2D eigenvalue weighted by Crippen LogP contribution is -2.44. The fourth-order valence-corrected chi connectivity index (χ4v) is 3.48. The van der Waals surface area contributed by atoms with Gasteiger partial charge in [-0.25, -0.2) is 0 Å². The van der Waals surface area contributed by atoms with E-state index >= 15 is 0 Å². The van der Waals surface area contributed by atoms with Gasteiger partial charge in [-0.3, -0.25) is 9.59 Å². The zero-order valence-corrected chi connectivity index (χ0v) is 13.1. The number of amides is 1. The summed E-state index contributed by atoms with van der Waals surface area (Å²) >= 11 is 0. The highest BCUT2D eigenvalue weighted by Gasteiger charge is 2.32. The maximum Gasteiger partial charge on any atom is 0.305 e. The first-order chi connectivity index (χ1) is 10.7. The van der Waals surface area contributed by atoms with Crippen molar-refractivity contribution in [2.45, 2.75) is 51.0 Å². The lowest BCUT2D eigenvalue weighted by molar-refractivity contribution is -0.142. The van der Waals surface area contributed by atoms with Crippen LogP contribution in [0.1, 0.15) is 53.6 Å². The molecule has 3 rings (SSSR count). The van der Waals surface area contributed by atoms with Crippen LogP contribution < -0.4 is 5.32 Å². The Hall–Kier alpha value is -1.84. The lowest BCUT2D eigenvalue weighted by Gasteiger charge is -2.35. The monoisotopic (exact) mass is 301 g/mol. The van der Waals surface area contributed by atoms with E-state index in [2.05, 4.69) is 22.2 Å². The number of nitrogens with one attached hydrogen (secondary N) is 1. The van der Waals surface area contributed by atoms with Crippen LogP contribution >= 0.6 is 0 Å². The van der Waals surface area contributed by atoms with E-state index in [1.807, 2.05) is 6.07 Å². The summed E-state index contributed by atoms with van der Waals surface area (Å²) in [4.78, 5) is 23.5. The number of esters is 1. The van der Waals surface area contributed by atoms with Gasteiger partial charge < -0.3 is 10.1 Å².